The zero-order valence-corrected chi connectivity index (χ0v) is 14.6. The summed E-state index contributed by atoms with van der Waals surface area (Å²) in [5.41, 5.74) is 1.61. The Bertz CT molecular complexity index is 840. The van der Waals surface area contributed by atoms with Crippen molar-refractivity contribution in [1.29, 1.82) is 0 Å². The van der Waals surface area contributed by atoms with Crippen molar-refractivity contribution in [2.24, 2.45) is 0 Å². The Morgan fingerprint density at radius 1 is 1.15 bits per heavy atom. The molecule has 1 amide bonds. The molecule has 2 unspecified atom stereocenters. The fourth-order valence-corrected chi connectivity index (χ4v) is 3.08. The number of hydrogen-bond donors (Lipinski definition) is 2. The third-order valence-electron chi connectivity index (χ3n) is 4.56. The maximum absolute atomic E-state index is 12.5. The van der Waals surface area contributed by atoms with Crippen LogP contribution in [-0.4, -0.2) is 37.2 Å². The highest BCUT2D eigenvalue weighted by Gasteiger charge is 2.32. The molecular weight excluding hydrogens is 348 g/mol. The van der Waals surface area contributed by atoms with Gasteiger partial charge in [0.1, 0.15) is 6.10 Å². The smallest absolute Gasteiger partial charge is 0.241 e. The van der Waals surface area contributed by atoms with E-state index in [9.17, 15) is 9.59 Å². The van der Waals surface area contributed by atoms with Crippen molar-refractivity contribution in [3.8, 4) is 11.5 Å². The average molecular weight is 368 g/mol. The van der Waals surface area contributed by atoms with E-state index in [1.807, 2.05) is 30.3 Å². The number of carbonyl (C=O) groups excluding carboxylic acids is 2. The molecule has 2 aromatic carbocycles. The summed E-state index contributed by atoms with van der Waals surface area (Å²) < 4.78 is 16.3. The van der Waals surface area contributed by atoms with Crippen molar-refractivity contribution in [2.45, 2.75) is 25.2 Å². The minimum Gasteiger partial charge on any atom is -0.454 e. The van der Waals surface area contributed by atoms with Crippen LogP contribution in [0.2, 0.25) is 0 Å². The minimum absolute atomic E-state index is 0.0736. The number of rotatable bonds is 5. The molecule has 140 valence electrons. The van der Waals surface area contributed by atoms with E-state index >= 15 is 0 Å². The molecule has 0 bridgehead atoms. The van der Waals surface area contributed by atoms with E-state index < -0.39 is 12.1 Å². The number of benzene rings is 2. The van der Waals surface area contributed by atoms with Gasteiger partial charge >= 0.3 is 0 Å². The van der Waals surface area contributed by atoms with Crippen LogP contribution in [0.25, 0.3) is 0 Å². The molecule has 4 rings (SSSR count). The number of piperidine rings is 1. The van der Waals surface area contributed by atoms with Crippen LogP contribution in [0, 0.1) is 0 Å². The summed E-state index contributed by atoms with van der Waals surface area (Å²) in [7, 11) is 0. The van der Waals surface area contributed by atoms with Gasteiger partial charge in [0.25, 0.3) is 0 Å². The SMILES string of the molecule is O=C(Nc1ccc2c(c1)OCO2)C1CC(=O)C(OCc2ccccc2)CN1. The van der Waals surface area contributed by atoms with E-state index in [4.69, 9.17) is 14.2 Å². The lowest BCUT2D eigenvalue weighted by atomic mass is 10.0. The Labute approximate surface area is 156 Å². The highest BCUT2D eigenvalue weighted by molar-refractivity contribution is 5.99. The zero-order chi connectivity index (χ0) is 18.6. The summed E-state index contributed by atoms with van der Waals surface area (Å²) in [6, 6.07) is 14.3. The van der Waals surface area contributed by atoms with Crippen LogP contribution < -0.4 is 20.1 Å². The number of Topliss-reactive ketones (excluding diaryl/α,β-unsaturated/α-hetero) is 1. The van der Waals surface area contributed by atoms with Crippen LogP contribution in [0.3, 0.4) is 0 Å². The molecule has 2 heterocycles. The molecule has 7 heteroatoms. The number of fused-ring (bicyclic) bond motifs is 1. The predicted molar refractivity (Wildman–Crippen MR) is 97.6 cm³/mol. The molecule has 2 aromatic rings. The fourth-order valence-electron chi connectivity index (χ4n) is 3.08. The summed E-state index contributed by atoms with van der Waals surface area (Å²) in [6.07, 6.45) is -0.449. The molecule has 0 radical (unpaired) electrons. The molecular formula is C20H20N2O5. The van der Waals surface area contributed by atoms with Gasteiger partial charge in [-0.1, -0.05) is 30.3 Å². The molecule has 1 saturated heterocycles. The van der Waals surface area contributed by atoms with Gasteiger partial charge < -0.3 is 24.8 Å². The first-order valence-corrected chi connectivity index (χ1v) is 8.81. The highest BCUT2D eigenvalue weighted by atomic mass is 16.7. The van der Waals surface area contributed by atoms with Gasteiger partial charge in [0.2, 0.25) is 12.7 Å². The molecule has 27 heavy (non-hydrogen) atoms. The largest absolute Gasteiger partial charge is 0.454 e. The van der Waals surface area contributed by atoms with Crippen molar-refractivity contribution in [3.05, 3.63) is 54.1 Å². The molecule has 0 aromatic heterocycles. The second-order valence-corrected chi connectivity index (χ2v) is 6.47. The second kappa shape index (κ2) is 7.77. The first kappa shape index (κ1) is 17.5. The molecule has 0 spiro atoms. The molecule has 0 aliphatic carbocycles. The number of hydrogen-bond acceptors (Lipinski definition) is 6. The van der Waals surface area contributed by atoms with Crippen molar-refractivity contribution < 1.29 is 23.8 Å². The molecule has 2 aliphatic rings. The van der Waals surface area contributed by atoms with Crippen molar-refractivity contribution in [1.82, 2.24) is 5.32 Å². The quantitative estimate of drug-likeness (QED) is 0.838. The summed E-state index contributed by atoms with van der Waals surface area (Å²) >= 11 is 0. The van der Waals surface area contributed by atoms with Crippen molar-refractivity contribution in [2.75, 3.05) is 18.7 Å². The fraction of sp³-hybridized carbons (Fsp3) is 0.300. The summed E-state index contributed by atoms with van der Waals surface area (Å²) in [4.78, 5) is 24.8. The topological polar surface area (TPSA) is 85.9 Å². The van der Waals surface area contributed by atoms with Gasteiger partial charge in [0, 0.05) is 24.7 Å². The maximum Gasteiger partial charge on any atom is 0.241 e. The summed E-state index contributed by atoms with van der Waals surface area (Å²) in [5.74, 6) is 0.909. The predicted octanol–water partition coefficient (Wildman–Crippen LogP) is 1.87. The highest BCUT2D eigenvalue weighted by Crippen LogP contribution is 2.34. The summed E-state index contributed by atoms with van der Waals surface area (Å²) in [5, 5.41) is 5.90. The summed E-state index contributed by atoms with van der Waals surface area (Å²) in [6.45, 7) is 0.855. The average Bonchev–Trinajstić information content (AvgIpc) is 3.15. The Hall–Kier alpha value is -2.90. The lowest BCUT2D eigenvalue weighted by molar-refractivity contribution is -0.137. The van der Waals surface area contributed by atoms with Gasteiger partial charge in [-0.2, -0.15) is 0 Å². The molecule has 7 nitrogen and oxygen atoms in total. The molecule has 0 saturated carbocycles. The van der Waals surface area contributed by atoms with E-state index in [0.717, 1.165) is 5.56 Å². The van der Waals surface area contributed by atoms with Gasteiger partial charge in [-0.3, -0.25) is 9.59 Å². The number of ketones is 1. The zero-order valence-electron chi connectivity index (χ0n) is 14.6. The number of anilines is 1. The van der Waals surface area contributed by atoms with Crippen LogP contribution >= 0.6 is 0 Å². The standard InChI is InChI=1S/C20H20N2O5/c23-16-9-15(21-10-19(16)25-11-13-4-2-1-3-5-13)20(24)22-14-6-7-17-18(8-14)27-12-26-17/h1-8,15,19,21H,9-12H2,(H,22,24). The Kier molecular flexibility index (Phi) is 5.04. The molecule has 2 N–H and O–H groups in total. The second-order valence-electron chi connectivity index (χ2n) is 6.47. The van der Waals surface area contributed by atoms with Crippen LogP contribution in [0.15, 0.2) is 48.5 Å². The number of nitrogens with one attached hydrogen (secondary N) is 2. The lowest BCUT2D eigenvalue weighted by Crippen LogP contribution is -2.53. The lowest BCUT2D eigenvalue weighted by Gasteiger charge is -2.28. The van der Waals surface area contributed by atoms with Crippen LogP contribution in [0.1, 0.15) is 12.0 Å². The van der Waals surface area contributed by atoms with E-state index in [1.54, 1.807) is 18.2 Å². The molecule has 2 atom stereocenters. The Balaban J connectivity index is 1.29. The van der Waals surface area contributed by atoms with Crippen LogP contribution in [0.4, 0.5) is 5.69 Å². The van der Waals surface area contributed by atoms with Crippen molar-refractivity contribution in [3.63, 3.8) is 0 Å². The minimum atomic E-state index is -0.584. The first-order valence-electron chi connectivity index (χ1n) is 8.81. The third kappa shape index (κ3) is 4.10. The Morgan fingerprint density at radius 2 is 1.96 bits per heavy atom. The molecule has 2 aliphatic heterocycles. The van der Waals surface area contributed by atoms with Gasteiger partial charge in [-0.25, -0.2) is 0 Å². The van der Waals surface area contributed by atoms with Gasteiger partial charge in [-0.15, -0.1) is 0 Å². The number of amides is 1. The first-order chi connectivity index (χ1) is 13.2. The van der Waals surface area contributed by atoms with E-state index in [1.165, 1.54) is 0 Å². The van der Waals surface area contributed by atoms with Gasteiger partial charge in [0.15, 0.2) is 17.3 Å². The van der Waals surface area contributed by atoms with Gasteiger partial charge in [0.05, 0.1) is 12.6 Å². The molecule has 1 fully saturated rings. The monoisotopic (exact) mass is 368 g/mol. The van der Waals surface area contributed by atoms with Gasteiger partial charge in [-0.05, 0) is 17.7 Å². The van der Waals surface area contributed by atoms with Crippen LogP contribution in [-0.2, 0) is 20.9 Å². The van der Waals surface area contributed by atoms with Crippen LogP contribution in [0.5, 0.6) is 11.5 Å². The third-order valence-corrected chi connectivity index (χ3v) is 4.56. The Morgan fingerprint density at radius 3 is 2.78 bits per heavy atom. The normalized spacial score (nSPS) is 21.1. The maximum atomic E-state index is 12.5. The van der Waals surface area contributed by atoms with Crippen molar-refractivity contribution >= 4 is 17.4 Å². The number of ether oxygens (including phenoxy) is 3. The van der Waals surface area contributed by atoms with E-state index in [2.05, 4.69) is 10.6 Å². The number of carbonyl (C=O) groups is 2. The van der Waals surface area contributed by atoms with E-state index in [-0.39, 0.29) is 24.9 Å². The van der Waals surface area contributed by atoms with E-state index in [0.29, 0.717) is 30.3 Å².